The van der Waals surface area contributed by atoms with E-state index in [4.69, 9.17) is 5.11 Å². The molecule has 1 heterocycles. The zero-order chi connectivity index (χ0) is 19.1. The van der Waals surface area contributed by atoms with Crippen LogP contribution in [-0.4, -0.2) is 70.5 Å². The Hall–Kier alpha value is -3.17. The number of hydrogen-bond acceptors (Lipinski definition) is 5. The molecule has 0 atom stereocenters. The molecule has 1 aromatic rings. The highest BCUT2D eigenvalue weighted by Crippen LogP contribution is 2.14. The molecule has 0 aliphatic carbocycles. The van der Waals surface area contributed by atoms with Gasteiger partial charge in [0.15, 0.2) is 0 Å². The number of nitrogens with one attached hydrogen (secondary N) is 1. The van der Waals surface area contributed by atoms with E-state index in [9.17, 15) is 24.5 Å². The molecule has 26 heavy (non-hydrogen) atoms. The molecule has 10 heteroatoms. The number of carboxylic acids is 1. The van der Waals surface area contributed by atoms with Crippen molar-refractivity contribution in [2.45, 2.75) is 12.8 Å². The predicted octanol–water partition coefficient (Wildman–Crippen LogP) is 0.927. The van der Waals surface area contributed by atoms with Crippen LogP contribution in [0.25, 0.3) is 0 Å². The molecule has 0 aromatic heterocycles. The van der Waals surface area contributed by atoms with Gasteiger partial charge in [-0.3, -0.25) is 19.7 Å². The highest BCUT2D eigenvalue weighted by atomic mass is 16.6. The number of urea groups is 1. The molecule has 0 unspecified atom stereocenters. The summed E-state index contributed by atoms with van der Waals surface area (Å²) in [5.74, 6) is -1.14. The lowest BCUT2D eigenvalue weighted by atomic mass is 10.1. The Morgan fingerprint density at radius 1 is 1.08 bits per heavy atom. The summed E-state index contributed by atoms with van der Waals surface area (Å²) in [7, 11) is 0. The standard InChI is InChI=1S/C16H20N4O6/c21-14(22)2-1-7-17-16(24)19-10-8-18(9-11-19)15(23)12-3-5-13(6-4-12)20(25)26/h3-6H,1-2,7-11H2,(H,17,24)(H,21,22). The van der Waals surface area contributed by atoms with E-state index in [0.717, 1.165) is 0 Å². The van der Waals surface area contributed by atoms with Gasteiger partial charge in [-0.25, -0.2) is 4.79 Å². The molecule has 0 radical (unpaired) electrons. The van der Waals surface area contributed by atoms with Crippen molar-refractivity contribution < 1.29 is 24.4 Å². The van der Waals surface area contributed by atoms with Crippen LogP contribution < -0.4 is 5.32 Å². The maximum Gasteiger partial charge on any atom is 0.317 e. The SMILES string of the molecule is O=C(O)CCCNC(=O)N1CCN(C(=O)c2ccc([N+](=O)[O-])cc2)CC1. The number of benzene rings is 1. The Bertz CT molecular complexity index is 682. The highest BCUT2D eigenvalue weighted by molar-refractivity contribution is 5.94. The molecule has 2 rings (SSSR count). The second kappa shape index (κ2) is 8.79. The second-order valence-electron chi connectivity index (χ2n) is 5.81. The molecule has 0 spiro atoms. The average molecular weight is 364 g/mol. The number of carbonyl (C=O) groups is 3. The van der Waals surface area contributed by atoms with E-state index < -0.39 is 10.9 Å². The number of nitro groups is 1. The summed E-state index contributed by atoms with van der Waals surface area (Å²) < 4.78 is 0. The quantitative estimate of drug-likeness (QED) is 0.438. The smallest absolute Gasteiger partial charge is 0.317 e. The molecular formula is C16H20N4O6. The summed E-state index contributed by atoms with van der Waals surface area (Å²) in [4.78, 5) is 48.1. The Morgan fingerprint density at radius 3 is 2.19 bits per heavy atom. The monoisotopic (exact) mass is 364 g/mol. The molecule has 1 saturated heterocycles. The summed E-state index contributed by atoms with van der Waals surface area (Å²) >= 11 is 0. The number of rotatable bonds is 6. The maximum atomic E-state index is 12.4. The van der Waals surface area contributed by atoms with Gasteiger partial charge >= 0.3 is 12.0 Å². The third-order valence-electron chi connectivity index (χ3n) is 4.02. The number of hydrogen-bond donors (Lipinski definition) is 2. The van der Waals surface area contributed by atoms with E-state index in [-0.39, 0.29) is 30.6 Å². The fourth-order valence-corrected chi connectivity index (χ4v) is 2.57. The zero-order valence-corrected chi connectivity index (χ0v) is 14.1. The number of amides is 3. The molecular weight excluding hydrogens is 344 g/mol. The Balaban J connectivity index is 1.80. The molecule has 1 fully saturated rings. The Morgan fingerprint density at radius 2 is 1.65 bits per heavy atom. The van der Waals surface area contributed by atoms with E-state index in [0.29, 0.717) is 38.2 Å². The van der Waals surface area contributed by atoms with Crippen molar-refractivity contribution in [3.8, 4) is 0 Å². The summed E-state index contributed by atoms with van der Waals surface area (Å²) in [5.41, 5.74) is 0.285. The number of non-ortho nitro benzene ring substituents is 1. The molecule has 0 saturated carbocycles. The van der Waals surface area contributed by atoms with Crippen molar-refractivity contribution in [2.24, 2.45) is 0 Å². The van der Waals surface area contributed by atoms with Crippen LogP contribution in [0.5, 0.6) is 0 Å². The fraction of sp³-hybridized carbons (Fsp3) is 0.438. The van der Waals surface area contributed by atoms with Gasteiger partial charge in [0.05, 0.1) is 4.92 Å². The summed E-state index contributed by atoms with van der Waals surface area (Å²) in [6, 6.07) is 5.13. The lowest BCUT2D eigenvalue weighted by Gasteiger charge is -2.34. The van der Waals surface area contributed by atoms with E-state index in [1.165, 1.54) is 24.3 Å². The van der Waals surface area contributed by atoms with E-state index in [1.54, 1.807) is 9.80 Å². The number of carboxylic acid groups (broad SMARTS) is 1. The van der Waals surface area contributed by atoms with Crippen molar-refractivity contribution >= 4 is 23.6 Å². The normalized spacial score (nSPS) is 14.0. The first-order chi connectivity index (χ1) is 12.4. The number of nitrogens with zero attached hydrogens (tertiary/aromatic N) is 3. The fourth-order valence-electron chi connectivity index (χ4n) is 2.57. The van der Waals surface area contributed by atoms with Crippen LogP contribution in [0, 0.1) is 10.1 Å². The van der Waals surface area contributed by atoms with Gasteiger partial charge in [0, 0.05) is 56.8 Å². The van der Waals surface area contributed by atoms with Crippen molar-refractivity contribution in [3.05, 3.63) is 39.9 Å². The van der Waals surface area contributed by atoms with Gasteiger partial charge in [-0.2, -0.15) is 0 Å². The molecule has 3 amide bonds. The number of nitro benzene ring substituents is 1. The minimum atomic E-state index is -0.905. The molecule has 2 N–H and O–H groups in total. The first-order valence-electron chi connectivity index (χ1n) is 8.17. The van der Waals surface area contributed by atoms with Crippen LogP contribution in [0.15, 0.2) is 24.3 Å². The van der Waals surface area contributed by atoms with Gasteiger partial charge in [0.2, 0.25) is 0 Å². The first kappa shape index (κ1) is 19.2. The molecule has 1 aliphatic heterocycles. The van der Waals surface area contributed by atoms with Gasteiger partial charge in [-0.1, -0.05) is 0 Å². The molecule has 0 bridgehead atoms. The second-order valence-corrected chi connectivity index (χ2v) is 5.81. The topological polar surface area (TPSA) is 133 Å². The van der Waals surface area contributed by atoms with Crippen LogP contribution in [0.3, 0.4) is 0 Å². The minimum Gasteiger partial charge on any atom is -0.481 e. The average Bonchev–Trinajstić information content (AvgIpc) is 2.64. The zero-order valence-electron chi connectivity index (χ0n) is 14.1. The number of piperazine rings is 1. The lowest BCUT2D eigenvalue weighted by molar-refractivity contribution is -0.384. The van der Waals surface area contributed by atoms with Crippen LogP contribution >= 0.6 is 0 Å². The summed E-state index contributed by atoms with van der Waals surface area (Å²) in [6.45, 7) is 1.73. The number of carbonyl (C=O) groups excluding carboxylic acids is 2. The van der Waals surface area contributed by atoms with Crippen LogP contribution in [0.1, 0.15) is 23.2 Å². The van der Waals surface area contributed by atoms with Crippen molar-refractivity contribution in [2.75, 3.05) is 32.7 Å². The van der Waals surface area contributed by atoms with Gasteiger partial charge in [0.25, 0.3) is 11.6 Å². The van der Waals surface area contributed by atoms with E-state index in [2.05, 4.69) is 5.32 Å². The van der Waals surface area contributed by atoms with Gasteiger partial charge < -0.3 is 20.2 Å². The van der Waals surface area contributed by atoms with Crippen LogP contribution in [0.2, 0.25) is 0 Å². The van der Waals surface area contributed by atoms with Crippen LogP contribution in [-0.2, 0) is 4.79 Å². The van der Waals surface area contributed by atoms with Gasteiger partial charge in [0.1, 0.15) is 0 Å². The molecule has 140 valence electrons. The molecule has 1 aromatic carbocycles. The van der Waals surface area contributed by atoms with Crippen molar-refractivity contribution in [3.63, 3.8) is 0 Å². The predicted molar refractivity (Wildman–Crippen MR) is 90.8 cm³/mol. The molecule has 1 aliphatic rings. The minimum absolute atomic E-state index is 0.00219. The maximum absolute atomic E-state index is 12.4. The Labute approximate surface area is 149 Å². The van der Waals surface area contributed by atoms with Crippen molar-refractivity contribution in [1.82, 2.24) is 15.1 Å². The molecule has 10 nitrogen and oxygen atoms in total. The third kappa shape index (κ3) is 5.16. The summed E-state index contributed by atoms with van der Waals surface area (Å²) in [6.07, 6.45) is 0.359. The van der Waals surface area contributed by atoms with E-state index >= 15 is 0 Å². The van der Waals surface area contributed by atoms with Crippen molar-refractivity contribution in [1.29, 1.82) is 0 Å². The largest absolute Gasteiger partial charge is 0.481 e. The third-order valence-corrected chi connectivity index (χ3v) is 4.02. The van der Waals surface area contributed by atoms with Crippen LogP contribution in [0.4, 0.5) is 10.5 Å². The Kier molecular flexibility index (Phi) is 6.48. The highest BCUT2D eigenvalue weighted by Gasteiger charge is 2.25. The number of aliphatic carboxylic acids is 1. The first-order valence-corrected chi connectivity index (χ1v) is 8.17. The van der Waals surface area contributed by atoms with Gasteiger partial charge in [-0.15, -0.1) is 0 Å². The van der Waals surface area contributed by atoms with E-state index in [1.807, 2.05) is 0 Å². The summed E-state index contributed by atoms with van der Waals surface area (Å²) in [5, 5.41) is 21.9. The lowest BCUT2D eigenvalue weighted by Crippen LogP contribution is -2.53. The van der Waals surface area contributed by atoms with Gasteiger partial charge in [-0.05, 0) is 18.6 Å².